The molecule has 3 heterocycles. The number of aliphatic hydroxyl groups is 1. The second-order valence-electron chi connectivity index (χ2n) is 8.13. The fourth-order valence-corrected chi connectivity index (χ4v) is 4.96. The van der Waals surface area contributed by atoms with E-state index in [4.69, 9.17) is 4.74 Å². The number of nitrogens with zero attached hydrogens (tertiary/aromatic N) is 1. The summed E-state index contributed by atoms with van der Waals surface area (Å²) in [5.74, 6) is -0.461. The Morgan fingerprint density at radius 3 is 2.24 bits per heavy atom. The molecule has 1 saturated carbocycles. The van der Waals surface area contributed by atoms with Gasteiger partial charge in [0.25, 0.3) is 0 Å². The summed E-state index contributed by atoms with van der Waals surface area (Å²) in [6.07, 6.45) is 7.82. The molecule has 0 aromatic heterocycles. The second-order valence-corrected chi connectivity index (χ2v) is 8.13. The van der Waals surface area contributed by atoms with E-state index in [0.717, 1.165) is 64.6 Å². The summed E-state index contributed by atoms with van der Waals surface area (Å²) < 4.78 is 6.12. The Balaban J connectivity index is 1.62. The lowest BCUT2D eigenvalue weighted by Crippen LogP contribution is -2.57. The molecule has 1 N–H and O–H groups in total. The topological polar surface area (TPSA) is 49.8 Å². The summed E-state index contributed by atoms with van der Waals surface area (Å²) in [5, 5.41) is 11.6. The quantitative estimate of drug-likeness (QED) is 0.853. The van der Waals surface area contributed by atoms with E-state index in [1.54, 1.807) is 0 Å². The molecule has 1 unspecified atom stereocenters. The Kier molecular flexibility index (Phi) is 4.59. The van der Waals surface area contributed by atoms with E-state index in [2.05, 4.69) is 4.90 Å². The zero-order chi connectivity index (χ0) is 17.3. The lowest BCUT2D eigenvalue weighted by Gasteiger charge is -2.49. The van der Waals surface area contributed by atoms with Gasteiger partial charge in [0.1, 0.15) is 5.60 Å². The number of hydrogen-bond donors (Lipinski definition) is 1. The molecule has 3 saturated heterocycles. The number of benzene rings is 1. The van der Waals surface area contributed by atoms with E-state index in [0.29, 0.717) is 5.56 Å². The van der Waals surface area contributed by atoms with Crippen LogP contribution >= 0.6 is 0 Å². The largest absolute Gasteiger partial charge is 0.457 e. The highest BCUT2D eigenvalue weighted by atomic mass is 16.6. The summed E-state index contributed by atoms with van der Waals surface area (Å²) in [5.41, 5.74) is -1.18. The molecule has 136 valence electrons. The number of ether oxygens (including phenoxy) is 1. The number of rotatable bonds is 4. The van der Waals surface area contributed by atoms with Gasteiger partial charge in [-0.2, -0.15) is 0 Å². The molecule has 0 radical (unpaired) electrons. The molecule has 4 aliphatic rings. The van der Waals surface area contributed by atoms with Crippen molar-refractivity contribution in [3.8, 4) is 0 Å². The van der Waals surface area contributed by atoms with Crippen LogP contribution in [0, 0.1) is 5.92 Å². The predicted octanol–water partition coefficient (Wildman–Crippen LogP) is 3.24. The molecule has 0 amide bonds. The van der Waals surface area contributed by atoms with Crippen LogP contribution in [0.4, 0.5) is 0 Å². The number of carbonyl (C=O) groups excluding carboxylic acids is 1. The average molecular weight is 343 g/mol. The molecule has 1 aromatic carbocycles. The maximum atomic E-state index is 13.3. The van der Waals surface area contributed by atoms with Crippen LogP contribution in [0.1, 0.15) is 56.9 Å². The van der Waals surface area contributed by atoms with E-state index in [1.165, 1.54) is 6.42 Å². The lowest BCUT2D eigenvalue weighted by molar-refractivity contribution is -0.202. The summed E-state index contributed by atoms with van der Waals surface area (Å²) >= 11 is 0. The van der Waals surface area contributed by atoms with Gasteiger partial charge in [-0.05, 0) is 18.4 Å². The normalized spacial score (nSPS) is 32.1. The third kappa shape index (κ3) is 3.11. The zero-order valence-electron chi connectivity index (χ0n) is 15.0. The predicted molar refractivity (Wildman–Crippen MR) is 96.0 cm³/mol. The van der Waals surface area contributed by atoms with Gasteiger partial charge in [-0.1, -0.05) is 49.6 Å². The average Bonchev–Trinajstić information content (AvgIpc) is 2.69. The second kappa shape index (κ2) is 6.73. The SMILES string of the molecule is O=C(OC12CCN(CC1)CC2)C(O)(c1ccccc1)C1CCCCC1. The van der Waals surface area contributed by atoms with Gasteiger partial charge in [-0.15, -0.1) is 0 Å². The minimum Gasteiger partial charge on any atom is -0.457 e. The van der Waals surface area contributed by atoms with Crippen molar-refractivity contribution < 1.29 is 14.6 Å². The van der Waals surface area contributed by atoms with Crippen molar-refractivity contribution in [3.05, 3.63) is 35.9 Å². The maximum absolute atomic E-state index is 13.3. The van der Waals surface area contributed by atoms with Gasteiger partial charge >= 0.3 is 5.97 Å². The molecule has 2 bridgehead atoms. The fourth-order valence-electron chi connectivity index (χ4n) is 4.96. The monoisotopic (exact) mass is 343 g/mol. The highest BCUT2D eigenvalue weighted by molar-refractivity contribution is 5.82. The van der Waals surface area contributed by atoms with Crippen LogP contribution in [0.2, 0.25) is 0 Å². The van der Waals surface area contributed by atoms with Crippen molar-refractivity contribution in [2.24, 2.45) is 5.92 Å². The molecule has 0 spiro atoms. The van der Waals surface area contributed by atoms with Crippen molar-refractivity contribution in [1.82, 2.24) is 4.90 Å². The number of hydrogen-bond acceptors (Lipinski definition) is 4. The zero-order valence-corrected chi connectivity index (χ0v) is 15.0. The number of piperidine rings is 3. The van der Waals surface area contributed by atoms with Crippen LogP contribution in [0.25, 0.3) is 0 Å². The standard InChI is InChI=1S/C21H29NO3/c23-19(25-20-11-14-22(15-12-20)16-13-20)21(24,17-7-3-1-4-8-17)18-9-5-2-6-10-18/h1,3-4,7-8,18,24H,2,5-6,9-16H2. The van der Waals surface area contributed by atoms with Crippen molar-refractivity contribution in [1.29, 1.82) is 0 Å². The van der Waals surface area contributed by atoms with Crippen molar-refractivity contribution in [2.75, 3.05) is 19.6 Å². The Morgan fingerprint density at radius 2 is 1.64 bits per heavy atom. The summed E-state index contributed by atoms with van der Waals surface area (Å²) in [4.78, 5) is 15.8. The highest BCUT2D eigenvalue weighted by Gasteiger charge is 2.51. The van der Waals surface area contributed by atoms with Gasteiger partial charge in [0, 0.05) is 44.8 Å². The van der Waals surface area contributed by atoms with Gasteiger partial charge < -0.3 is 14.7 Å². The van der Waals surface area contributed by atoms with Crippen LogP contribution < -0.4 is 0 Å². The first-order valence-electron chi connectivity index (χ1n) is 9.86. The van der Waals surface area contributed by atoms with E-state index < -0.39 is 11.6 Å². The van der Waals surface area contributed by atoms with E-state index in [1.807, 2.05) is 30.3 Å². The summed E-state index contributed by atoms with van der Waals surface area (Å²) in [6, 6.07) is 9.46. The molecule has 1 atom stereocenters. The van der Waals surface area contributed by atoms with Gasteiger partial charge in [0.2, 0.25) is 0 Å². The lowest BCUT2D eigenvalue weighted by atomic mass is 9.73. The number of carbonyl (C=O) groups is 1. The van der Waals surface area contributed by atoms with E-state index in [9.17, 15) is 9.90 Å². The first-order valence-corrected chi connectivity index (χ1v) is 9.86. The molecule has 1 aliphatic carbocycles. The molecule has 1 aromatic rings. The number of esters is 1. The smallest absolute Gasteiger partial charge is 0.343 e. The molecule has 3 aliphatic heterocycles. The number of fused-ring (bicyclic) bond motifs is 3. The van der Waals surface area contributed by atoms with Gasteiger partial charge in [-0.3, -0.25) is 0 Å². The van der Waals surface area contributed by atoms with Gasteiger partial charge in [-0.25, -0.2) is 4.79 Å². The fraction of sp³-hybridized carbons (Fsp3) is 0.667. The first-order chi connectivity index (χ1) is 12.1. The van der Waals surface area contributed by atoms with Gasteiger partial charge in [0.15, 0.2) is 5.60 Å². The van der Waals surface area contributed by atoms with E-state index >= 15 is 0 Å². The Labute approximate surface area is 150 Å². The van der Waals surface area contributed by atoms with Crippen molar-refractivity contribution in [3.63, 3.8) is 0 Å². The Bertz CT molecular complexity index is 589. The molecule has 5 rings (SSSR count). The first kappa shape index (κ1) is 17.0. The van der Waals surface area contributed by atoms with Gasteiger partial charge in [0.05, 0.1) is 0 Å². The van der Waals surface area contributed by atoms with Crippen LogP contribution in [0.15, 0.2) is 30.3 Å². The van der Waals surface area contributed by atoms with Crippen LogP contribution in [-0.4, -0.2) is 41.2 Å². The summed E-state index contributed by atoms with van der Waals surface area (Å²) in [6.45, 7) is 3.00. The summed E-state index contributed by atoms with van der Waals surface area (Å²) in [7, 11) is 0. The molecule has 4 nitrogen and oxygen atoms in total. The Hall–Kier alpha value is -1.39. The maximum Gasteiger partial charge on any atom is 0.343 e. The molecule has 4 heteroatoms. The van der Waals surface area contributed by atoms with Crippen molar-refractivity contribution >= 4 is 5.97 Å². The molecular formula is C21H29NO3. The Morgan fingerprint density at radius 1 is 1.04 bits per heavy atom. The minimum absolute atomic E-state index is 0.0452. The van der Waals surface area contributed by atoms with Crippen molar-refractivity contribution in [2.45, 2.75) is 62.6 Å². The van der Waals surface area contributed by atoms with Crippen LogP contribution in [0.3, 0.4) is 0 Å². The van der Waals surface area contributed by atoms with Crippen LogP contribution in [0.5, 0.6) is 0 Å². The molecule has 4 fully saturated rings. The van der Waals surface area contributed by atoms with Crippen LogP contribution in [-0.2, 0) is 15.1 Å². The highest BCUT2D eigenvalue weighted by Crippen LogP contribution is 2.43. The van der Waals surface area contributed by atoms with E-state index in [-0.39, 0.29) is 11.5 Å². The minimum atomic E-state index is -1.51. The molecule has 25 heavy (non-hydrogen) atoms. The third-order valence-corrected chi connectivity index (χ3v) is 6.68. The molecular weight excluding hydrogens is 314 g/mol. The third-order valence-electron chi connectivity index (χ3n) is 6.68.